The standard InChI is InChI=1S/C18H27N3O3S/c1-2-21-10-4-5-14(13-21)12-19-25(23,24)16-8-9-17-15(11-16)6-3-7-18(22)20-17/h8-9,11,14,19H,2-7,10,12-13H2,1H3,(H,20,22)/t14-/m0/s1. The van der Waals surface area contributed by atoms with Crippen molar-refractivity contribution < 1.29 is 13.2 Å². The van der Waals surface area contributed by atoms with E-state index in [1.165, 1.54) is 0 Å². The molecule has 0 aliphatic carbocycles. The smallest absolute Gasteiger partial charge is 0.240 e. The van der Waals surface area contributed by atoms with Crippen molar-refractivity contribution >= 4 is 21.6 Å². The number of hydrogen-bond acceptors (Lipinski definition) is 4. The SMILES string of the molecule is CCN1CCC[C@@H](CNS(=O)(=O)c2ccc3c(c2)CCCC(=O)N3)C1. The van der Waals surface area contributed by atoms with Crippen LogP contribution in [-0.4, -0.2) is 45.4 Å². The molecule has 6 nitrogen and oxygen atoms in total. The van der Waals surface area contributed by atoms with Crippen LogP contribution < -0.4 is 10.0 Å². The van der Waals surface area contributed by atoms with Gasteiger partial charge in [-0.05, 0) is 68.5 Å². The van der Waals surface area contributed by atoms with Crippen LogP contribution in [0.3, 0.4) is 0 Å². The van der Waals surface area contributed by atoms with Gasteiger partial charge in [0.1, 0.15) is 0 Å². The van der Waals surface area contributed by atoms with E-state index in [4.69, 9.17) is 0 Å². The molecule has 25 heavy (non-hydrogen) atoms. The Balaban J connectivity index is 1.68. The van der Waals surface area contributed by atoms with Gasteiger partial charge in [0.15, 0.2) is 0 Å². The van der Waals surface area contributed by atoms with Crippen LogP contribution in [0.25, 0.3) is 0 Å². The van der Waals surface area contributed by atoms with Gasteiger partial charge in [-0.25, -0.2) is 13.1 Å². The van der Waals surface area contributed by atoms with Crippen LogP contribution in [0.2, 0.25) is 0 Å². The second kappa shape index (κ2) is 7.85. The number of aryl methyl sites for hydroxylation is 1. The molecule has 138 valence electrons. The second-order valence-corrected chi connectivity index (χ2v) is 8.74. The van der Waals surface area contributed by atoms with Gasteiger partial charge in [0.25, 0.3) is 0 Å². The molecule has 0 aromatic heterocycles. The maximum absolute atomic E-state index is 12.6. The Bertz CT molecular complexity index is 733. The van der Waals surface area contributed by atoms with E-state index in [-0.39, 0.29) is 10.8 Å². The van der Waals surface area contributed by atoms with Crippen molar-refractivity contribution in [2.75, 3.05) is 31.5 Å². The Kier molecular flexibility index (Phi) is 5.76. The van der Waals surface area contributed by atoms with Gasteiger partial charge < -0.3 is 10.2 Å². The van der Waals surface area contributed by atoms with Crippen molar-refractivity contribution in [1.29, 1.82) is 0 Å². The van der Waals surface area contributed by atoms with Gasteiger partial charge >= 0.3 is 0 Å². The van der Waals surface area contributed by atoms with Crippen molar-refractivity contribution in [3.63, 3.8) is 0 Å². The zero-order chi connectivity index (χ0) is 17.9. The summed E-state index contributed by atoms with van der Waals surface area (Å²) in [5.41, 5.74) is 1.62. The first-order chi connectivity index (χ1) is 12.0. The van der Waals surface area contributed by atoms with Gasteiger partial charge in [-0.15, -0.1) is 0 Å². The maximum atomic E-state index is 12.6. The number of piperidine rings is 1. The van der Waals surface area contributed by atoms with Gasteiger partial charge in [0.2, 0.25) is 15.9 Å². The minimum atomic E-state index is -3.52. The lowest BCUT2D eigenvalue weighted by molar-refractivity contribution is -0.116. The van der Waals surface area contributed by atoms with E-state index < -0.39 is 10.0 Å². The Hall–Kier alpha value is -1.44. The summed E-state index contributed by atoms with van der Waals surface area (Å²) in [6.45, 7) is 5.69. The highest BCUT2D eigenvalue weighted by molar-refractivity contribution is 7.89. The lowest BCUT2D eigenvalue weighted by Gasteiger charge is -2.31. The van der Waals surface area contributed by atoms with Crippen molar-refractivity contribution in [3.05, 3.63) is 23.8 Å². The molecular weight excluding hydrogens is 338 g/mol. The van der Waals surface area contributed by atoms with Gasteiger partial charge in [-0.2, -0.15) is 0 Å². The summed E-state index contributed by atoms with van der Waals surface area (Å²) in [5, 5.41) is 2.84. The molecule has 1 aromatic carbocycles. The van der Waals surface area contributed by atoms with E-state index in [1.54, 1.807) is 18.2 Å². The van der Waals surface area contributed by atoms with E-state index in [1.807, 2.05) is 0 Å². The summed E-state index contributed by atoms with van der Waals surface area (Å²) in [5.74, 6) is 0.355. The van der Waals surface area contributed by atoms with Crippen LogP contribution in [0.15, 0.2) is 23.1 Å². The Morgan fingerprint density at radius 2 is 2.12 bits per heavy atom. The molecule has 3 rings (SSSR count). The highest BCUT2D eigenvalue weighted by atomic mass is 32.2. The number of anilines is 1. The number of carbonyl (C=O) groups excluding carboxylic acids is 1. The topological polar surface area (TPSA) is 78.5 Å². The number of sulfonamides is 1. The molecule has 2 N–H and O–H groups in total. The first-order valence-corrected chi connectivity index (χ1v) is 10.6. The largest absolute Gasteiger partial charge is 0.326 e. The summed E-state index contributed by atoms with van der Waals surface area (Å²) in [6.07, 6.45) is 4.12. The molecule has 2 heterocycles. The van der Waals surface area contributed by atoms with Crippen molar-refractivity contribution in [3.8, 4) is 0 Å². The molecule has 0 spiro atoms. The summed E-state index contributed by atoms with van der Waals surface area (Å²) in [6, 6.07) is 4.97. The minimum Gasteiger partial charge on any atom is -0.326 e. The first-order valence-electron chi connectivity index (χ1n) is 9.12. The number of nitrogens with one attached hydrogen (secondary N) is 2. The molecule has 1 amide bonds. The number of carbonyl (C=O) groups is 1. The van der Waals surface area contributed by atoms with Gasteiger partial charge in [-0.3, -0.25) is 4.79 Å². The molecule has 1 aromatic rings. The van der Waals surface area contributed by atoms with E-state index >= 15 is 0 Å². The van der Waals surface area contributed by atoms with Crippen LogP contribution in [0.5, 0.6) is 0 Å². The third-order valence-corrected chi connectivity index (χ3v) is 6.54. The molecule has 1 saturated heterocycles. The molecule has 2 aliphatic heterocycles. The highest BCUT2D eigenvalue weighted by Crippen LogP contribution is 2.25. The number of amides is 1. The van der Waals surface area contributed by atoms with Gasteiger partial charge in [0, 0.05) is 25.2 Å². The quantitative estimate of drug-likeness (QED) is 0.836. The van der Waals surface area contributed by atoms with Crippen LogP contribution in [-0.2, 0) is 21.2 Å². The number of hydrogen-bond donors (Lipinski definition) is 2. The van der Waals surface area contributed by atoms with Crippen molar-refractivity contribution in [2.24, 2.45) is 5.92 Å². The summed E-state index contributed by atoms with van der Waals surface area (Å²) >= 11 is 0. The molecule has 2 aliphatic rings. The average molecular weight is 365 g/mol. The Labute approximate surface area is 150 Å². The zero-order valence-corrected chi connectivity index (χ0v) is 15.6. The Morgan fingerprint density at radius 1 is 1.28 bits per heavy atom. The molecule has 0 radical (unpaired) electrons. The van der Waals surface area contributed by atoms with Crippen LogP contribution in [0, 0.1) is 5.92 Å². The second-order valence-electron chi connectivity index (χ2n) is 6.97. The lowest BCUT2D eigenvalue weighted by atomic mass is 9.98. The summed E-state index contributed by atoms with van der Waals surface area (Å²) in [7, 11) is -3.52. The fourth-order valence-electron chi connectivity index (χ4n) is 3.63. The van der Waals surface area contributed by atoms with E-state index in [9.17, 15) is 13.2 Å². The predicted octanol–water partition coefficient (Wildman–Crippen LogP) is 1.97. The molecule has 7 heteroatoms. The molecule has 0 unspecified atom stereocenters. The van der Waals surface area contributed by atoms with E-state index in [0.717, 1.165) is 50.1 Å². The third-order valence-electron chi connectivity index (χ3n) is 5.12. The average Bonchev–Trinajstić information content (AvgIpc) is 2.80. The third kappa shape index (κ3) is 4.59. The van der Waals surface area contributed by atoms with Crippen LogP contribution >= 0.6 is 0 Å². The molecule has 0 bridgehead atoms. The highest BCUT2D eigenvalue weighted by Gasteiger charge is 2.23. The van der Waals surface area contributed by atoms with Crippen molar-refractivity contribution in [2.45, 2.75) is 43.9 Å². The number of rotatable bonds is 5. The van der Waals surface area contributed by atoms with Gasteiger partial charge in [-0.1, -0.05) is 6.92 Å². The number of fused-ring (bicyclic) bond motifs is 1. The lowest BCUT2D eigenvalue weighted by Crippen LogP contribution is -2.40. The minimum absolute atomic E-state index is 0.00902. The number of nitrogens with zero attached hydrogens (tertiary/aromatic N) is 1. The maximum Gasteiger partial charge on any atom is 0.240 e. The predicted molar refractivity (Wildman–Crippen MR) is 98.0 cm³/mol. The van der Waals surface area contributed by atoms with Crippen LogP contribution in [0.4, 0.5) is 5.69 Å². The van der Waals surface area contributed by atoms with Crippen LogP contribution in [0.1, 0.15) is 38.2 Å². The summed E-state index contributed by atoms with van der Waals surface area (Å²) < 4.78 is 28.1. The molecule has 1 atom stereocenters. The first kappa shape index (κ1) is 18.4. The monoisotopic (exact) mass is 365 g/mol. The Morgan fingerprint density at radius 3 is 2.92 bits per heavy atom. The molecular formula is C18H27N3O3S. The number of benzene rings is 1. The number of likely N-dealkylation sites (tertiary alicyclic amines) is 1. The molecule has 1 fully saturated rings. The van der Waals surface area contributed by atoms with E-state index in [0.29, 0.717) is 25.3 Å². The van der Waals surface area contributed by atoms with Gasteiger partial charge in [0.05, 0.1) is 4.90 Å². The fourth-order valence-corrected chi connectivity index (χ4v) is 4.80. The normalized spacial score (nSPS) is 22.1. The summed E-state index contributed by atoms with van der Waals surface area (Å²) in [4.78, 5) is 14.3. The van der Waals surface area contributed by atoms with E-state index in [2.05, 4.69) is 21.9 Å². The fraction of sp³-hybridized carbons (Fsp3) is 0.611. The van der Waals surface area contributed by atoms with Crippen molar-refractivity contribution in [1.82, 2.24) is 9.62 Å². The molecule has 0 saturated carbocycles. The zero-order valence-electron chi connectivity index (χ0n) is 14.8.